The van der Waals surface area contributed by atoms with Gasteiger partial charge in [0.25, 0.3) is 0 Å². The third-order valence-electron chi connectivity index (χ3n) is 10.9. The van der Waals surface area contributed by atoms with Crippen LogP contribution in [0.1, 0.15) is 226 Å². The molecule has 0 spiro atoms. The van der Waals surface area contributed by atoms with Crippen molar-refractivity contribution in [2.24, 2.45) is 0 Å². The topological polar surface area (TPSA) is 78.9 Å². The van der Waals surface area contributed by atoms with Crippen molar-refractivity contribution < 1.29 is 28.6 Å². The van der Waals surface area contributed by atoms with Crippen molar-refractivity contribution in [3.8, 4) is 0 Å². The van der Waals surface area contributed by atoms with Crippen molar-refractivity contribution in [3.63, 3.8) is 0 Å². The predicted molar refractivity (Wildman–Crippen MR) is 288 cm³/mol. The Morgan fingerprint density at radius 2 is 0.612 bits per heavy atom. The first-order valence-electron chi connectivity index (χ1n) is 27.0. The maximum Gasteiger partial charge on any atom is 0.306 e. The molecule has 0 aromatic rings. The standard InChI is InChI=1S/C61H98O6/c1-4-7-10-13-16-19-22-25-28-31-34-36-39-42-45-48-51-54-60(63)66-57-58(67-61(64)55-52-49-46-43-40-37-33-30-27-24-21-18-15-12-9-6-3)56-65-59(62)53-50-47-44-41-38-35-32-29-26-23-20-17-14-11-8-5-2/h8-9,11-12,16-21,25-30,37,40,46,49,58H,4-7,10,13-15,22-24,31-36,38-39,41-45,47-48,50-57H2,1-3H3/b11-8-,12-9-,19-16-,20-17-,21-18-,28-25-,29-26-,30-27-,40-37-,49-46-. The molecule has 0 radical (unpaired) electrons. The molecular formula is C61H98O6. The fourth-order valence-electron chi connectivity index (χ4n) is 6.95. The molecule has 0 N–H and O–H groups in total. The molecule has 0 heterocycles. The van der Waals surface area contributed by atoms with Gasteiger partial charge in [0.1, 0.15) is 13.2 Å². The van der Waals surface area contributed by atoms with Crippen LogP contribution in [-0.2, 0) is 28.6 Å². The SMILES string of the molecule is CC/C=C\C/C=C\C/C=C\C/C=C\C/C=C\CCC(=O)OC(COC(=O)CCCCCCCC/C=C\C/C=C\C/C=C\CC)COC(=O)CCCCCCCCC/C=C\C/C=C\CCCCC. The van der Waals surface area contributed by atoms with Crippen LogP contribution < -0.4 is 0 Å². The van der Waals surface area contributed by atoms with Gasteiger partial charge < -0.3 is 14.2 Å². The third kappa shape index (κ3) is 52.6. The van der Waals surface area contributed by atoms with Gasteiger partial charge in [-0.3, -0.25) is 14.4 Å². The lowest BCUT2D eigenvalue weighted by Crippen LogP contribution is -2.30. The maximum atomic E-state index is 12.8. The number of hydrogen-bond acceptors (Lipinski definition) is 6. The van der Waals surface area contributed by atoms with E-state index in [4.69, 9.17) is 14.2 Å². The summed E-state index contributed by atoms with van der Waals surface area (Å²) in [6, 6.07) is 0. The molecule has 0 fully saturated rings. The lowest BCUT2D eigenvalue weighted by atomic mass is 10.1. The van der Waals surface area contributed by atoms with E-state index in [0.717, 1.165) is 116 Å². The summed E-state index contributed by atoms with van der Waals surface area (Å²) in [5.74, 6) is -1.03. The lowest BCUT2D eigenvalue weighted by molar-refractivity contribution is -0.166. The Kier molecular flexibility index (Phi) is 51.0. The first-order valence-corrected chi connectivity index (χ1v) is 27.0. The number of allylic oxidation sites excluding steroid dienone is 20. The van der Waals surface area contributed by atoms with E-state index in [2.05, 4.69) is 130 Å². The summed E-state index contributed by atoms with van der Waals surface area (Å²) in [5, 5.41) is 0. The Morgan fingerprint density at radius 1 is 0.313 bits per heavy atom. The Balaban J connectivity index is 4.54. The van der Waals surface area contributed by atoms with Gasteiger partial charge in [-0.25, -0.2) is 0 Å². The summed E-state index contributed by atoms with van der Waals surface area (Å²) in [6.45, 7) is 6.30. The Hall–Kier alpha value is -4.19. The Morgan fingerprint density at radius 3 is 0.970 bits per heavy atom. The van der Waals surface area contributed by atoms with E-state index < -0.39 is 12.1 Å². The summed E-state index contributed by atoms with van der Waals surface area (Å²) in [5.41, 5.74) is 0. The Labute approximate surface area is 412 Å². The second-order valence-corrected chi connectivity index (χ2v) is 17.4. The highest BCUT2D eigenvalue weighted by molar-refractivity contribution is 5.71. The third-order valence-corrected chi connectivity index (χ3v) is 10.9. The molecule has 6 heteroatoms. The molecule has 1 atom stereocenters. The van der Waals surface area contributed by atoms with Gasteiger partial charge in [-0.1, -0.05) is 213 Å². The van der Waals surface area contributed by atoms with Crippen LogP contribution in [0.5, 0.6) is 0 Å². The van der Waals surface area contributed by atoms with Crippen molar-refractivity contribution in [2.75, 3.05) is 13.2 Å². The van der Waals surface area contributed by atoms with Gasteiger partial charge in [0, 0.05) is 19.3 Å². The monoisotopic (exact) mass is 927 g/mol. The average molecular weight is 927 g/mol. The van der Waals surface area contributed by atoms with Crippen LogP contribution in [0.3, 0.4) is 0 Å². The lowest BCUT2D eigenvalue weighted by Gasteiger charge is -2.18. The van der Waals surface area contributed by atoms with Crippen LogP contribution in [0.4, 0.5) is 0 Å². The summed E-state index contributed by atoms with van der Waals surface area (Å²) in [6.07, 6.45) is 74.8. The number of hydrogen-bond donors (Lipinski definition) is 0. The molecule has 0 bridgehead atoms. The van der Waals surface area contributed by atoms with E-state index in [1.807, 2.05) is 12.2 Å². The van der Waals surface area contributed by atoms with Crippen LogP contribution in [0.2, 0.25) is 0 Å². The molecule has 378 valence electrons. The predicted octanol–water partition coefficient (Wildman–Crippen LogP) is 18.1. The molecule has 0 aliphatic carbocycles. The smallest absolute Gasteiger partial charge is 0.306 e. The first-order chi connectivity index (χ1) is 33.0. The van der Waals surface area contributed by atoms with E-state index in [9.17, 15) is 14.4 Å². The van der Waals surface area contributed by atoms with Gasteiger partial charge in [-0.2, -0.15) is 0 Å². The molecule has 0 saturated heterocycles. The molecule has 0 aromatic carbocycles. The van der Waals surface area contributed by atoms with Gasteiger partial charge >= 0.3 is 17.9 Å². The fourth-order valence-corrected chi connectivity index (χ4v) is 6.95. The number of carbonyl (C=O) groups excluding carboxylic acids is 3. The van der Waals surface area contributed by atoms with Crippen LogP contribution in [0, 0.1) is 0 Å². The van der Waals surface area contributed by atoms with Crippen molar-refractivity contribution in [3.05, 3.63) is 122 Å². The highest BCUT2D eigenvalue weighted by Gasteiger charge is 2.19. The summed E-state index contributed by atoms with van der Waals surface area (Å²) < 4.78 is 16.7. The maximum absolute atomic E-state index is 12.8. The molecule has 0 aliphatic rings. The van der Waals surface area contributed by atoms with E-state index in [1.165, 1.54) is 64.2 Å². The van der Waals surface area contributed by atoms with Crippen LogP contribution in [0.25, 0.3) is 0 Å². The minimum Gasteiger partial charge on any atom is -0.462 e. The fraction of sp³-hybridized carbons (Fsp3) is 0.623. The zero-order valence-electron chi connectivity index (χ0n) is 43.1. The highest BCUT2D eigenvalue weighted by Crippen LogP contribution is 2.13. The van der Waals surface area contributed by atoms with E-state index in [-0.39, 0.29) is 31.6 Å². The Bertz CT molecular complexity index is 1440. The molecule has 0 amide bonds. The second-order valence-electron chi connectivity index (χ2n) is 17.4. The van der Waals surface area contributed by atoms with Gasteiger partial charge in [0.2, 0.25) is 0 Å². The largest absolute Gasteiger partial charge is 0.462 e. The molecule has 6 nitrogen and oxygen atoms in total. The first kappa shape index (κ1) is 62.8. The van der Waals surface area contributed by atoms with Crippen molar-refractivity contribution in [1.82, 2.24) is 0 Å². The number of unbranched alkanes of at least 4 members (excludes halogenated alkanes) is 16. The van der Waals surface area contributed by atoms with Crippen molar-refractivity contribution in [1.29, 1.82) is 0 Å². The number of carbonyl (C=O) groups is 3. The molecule has 0 aliphatic heterocycles. The van der Waals surface area contributed by atoms with Crippen molar-refractivity contribution >= 4 is 17.9 Å². The quantitative estimate of drug-likeness (QED) is 0.0262. The zero-order chi connectivity index (χ0) is 48.6. The highest BCUT2D eigenvalue weighted by atomic mass is 16.6. The molecule has 0 rings (SSSR count). The van der Waals surface area contributed by atoms with Gasteiger partial charge in [-0.05, 0) is 116 Å². The van der Waals surface area contributed by atoms with Crippen molar-refractivity contribution in [2.45, 2.75) is 232 Å². The number of ether oxygens (including phenoxy) is 3. The molecule has 1 unspecified atom stereocenters. The summed E-state index contributed by atoms with van der Waals surface area (Å²) in [4.78, 5) is 38.1. The van der Waals surface area contributed by atoms with Crippen LogP contribution in [-0.4, -0.2) is 37.2 Å². The second kappa shape index (κ2) is 54.4. The van der Waals surface area contributed by atoms with E-state index in [0.29, 0.717) is 19.3 Å². The molecule has 0 saturated carbocycles. The van der Waals surface area contributed by atoms with E-state index in [1.54, 1.807) is 0 Å². The molecule has 0 aromatic heterocycles. The van der Waals surface area contributed by atoms with Gasteiger partial charge in [0.15, 0.2) is 6.10 Å². The van der Waals surface area contributed by atoms with Crippen LogP contribution in [0.15, 0.2) is 122 Å². The number of esters is 3. The summed E-state index contributed by atoms with van der Waals surface area (Å²) in [7, 11) is 0. The van der Waals surface area contributed by atoms with Gasteiger partial charge in [-0.15, -0.1) is 0 Å². The minimum atomic E-state index is -0.830. The molecular weight excluding hydrogens is 829 g/mol. The minimum absolute atomic E-state index is 0.119. The molecule has 67 heavy (non-hydrogen) atoms. The van der Waals surface area contributed by atoms with E-state index >= 15 is 0 Å². The zero-order valence-corrected chi connectivity index (χ0v) is 43.1. The van der Waals surface area contributed by atoms with Gasteiger partial charge in [0.05, 0.1) is 0 Å². The normalized spacial score (nSPS) is 13.1. The summed E-state index contributed by atoms with van der Waals surface area (Å²) >= 11 is 0. The average Bonchev–Trinajstić information content (AvgIpc) is 3.33. The number of rotatable bonds is 47. The van der Waals surface area contributed by atoms with Crippen LogP contribution >= 0.6 is 0 Å².